The van der Waals surface area contributed by atoms with E-state index in [9.17, 15) is 9.59 Å². The fraction of sp³-hybridized carbons (Fsp3) is 0.0588. The number of carbonyl (C=O) groups excluding carboxylic acids is 1. The Labute approximate surface area is 140 Å². The molecule has 0 fully saturated rings. The van der Waals surface area contributed by atoms with Crippen LogP contribution in [0.4, 0.5) is 0 Å². The Kier molecular flexibility index (Phi) is 3.62. The number of rotatable bonds is 4. The van der Waals surface area contributed by atoms with E-state index in [1.807, 2.05) is 0 Å². The number of aromatic nitrogens is 3. The first-order chi connectivity index (χ1) is 12.2. The Balaban J connectivity index is 1.54. The predicted molar refractivity (Wildman–Crippen MR) is 85.7 cm³/mol. The second-order valence-corrected chi connectivity index (χ2v) is 5.15. The average Bonchev–Trinajstić information content (AvgIpc) is 3.30. The van der Waals surface area contributed by atoms with Gasteiger partial charge in [0.25, 0.3) is 11.8 Å². The maximum Gasteiger partial charge on any atom is 0.339 e. The largest absolute Gasteiger partial charge is 0.459 e. The minimum absolute atomic E-state index is 0.119. The normalized spacial score (nSPS) is 10.9. The molecular formula is C17H11N3O5. The van der Waals surface area contributed by atoms with Gasteiger partial charge in [-0.25, -0.2) is 4.79 Å². The molecule has 8 heteroatoms. The molecule has 0 spiro atoms. The molecule has 4 rings (SSSR count). The summed E-state index contributed by atoms with van der Waals surface area (Å²) in [5.41, 5.74) is 0.341. The van der Waals surface area contributed by atoms with Gasteiger partial charge in [-0.3, -0.25) is 4.79 Å². The fourth-order valence-electron chi connectivity index (χ4n) is 2.39. The van der Waals surface area contributed by atoms with Crippen LogP contribution in [0, 0.1) is 0 Å². The molecule has 8 nitrogen and oxygen atoms in total. The van der Waals surface area contributed by atoms with Crippen LogP contribution in [-0.4, -0.2) is 21.2 Å². The lowest BCUT2D eigenvalue weighted by molar-refractivity contribution is 0.0440. The van der Waals surface area contributed by atoms with E-state index in [2.05, 4.69) is 15.2 Å². The number of hydrogen-bond donors (Lipinski definition) is 1. The topological polar surface area (TPSA) is 111 Å². The van der Waals surface area contributed by atoms with E-state index in [0.717, 1.165) is 0 Å². The number of H-pyrrole nitrogens is 1. The molecule has 0 aliphatic carbocycles. The molecule has 0 bridgehead atoms. The van der Waals surface area contributed by atoms with Crippen molar-refractivity contribution in [2.45, 2.75) is 6.61 Å². The van der Waals surface area contributed by atoms with Crippen molar-refractivity contribution in [1.29, 1.82) is 0 Å². The van der Waals surface area contributed by atoms with E-state index in [1.165, 1.54) is 12.3 Å². The molecule has 3 heterocycles. The van der Waals surface area contributed by atoms with Crippen molar-refractivity contribution in [3.8, 4) is 11.7 Å². The van der Waals surface area contributed by atoms with E-state index in [1.54, 1.807) is 36.4 Å². The van der Waals surface area contributed by atoms with Gasteiger partial charge in [-0.15, -0.1) is 10.2 Å². The van der Waals surface area contributed by atoms with Gasteiger partial charge >= 0.3 is 5.97 Å². The van der Waals surface area contributed by atoms with Crippen LogP contribution in [0.15, 0.2) is 62.4 Å². The Hall–Kier alpha value is -3.68. The quantitative estimate of drug-likeness (QED) is 0.569. The summed E-state index contributed by atoms with van der Waals surface area (Å²) in [6.45, 7) is -0.215. The van der Waals surface area contributed by atoms with Crippen molar-refractivity contribution in [2.75, 3.05) is 0 Å². The van der Waals surface area contributed by atoms with Crippen molar-refractivity contribution in [1.82, 2.24) is 15.2 Å². The SMILES string of the molecule is O=C(OCc1nnc(-c2ccco2)o1)c1cc(=O)[nH]c2ccccc12. The molecule has 0 radical (unpaired) electrons. The molecule has 124 valence electrons. The van der Waals surface area contributed by atoms with Crippen molar-refractivity contribution >= 4 is 16.9 Å². The molecule has 0 saturated heterocycles. The summed E-state index contributed by atoms with van der Waals surface area (Å²) in [5.74, 6) is 0.0808. The Bertz CT molecular complexity index is 1090. The number of furan rings is 1. The zero-order valence-electron chi connectivity index (χ0n) is 12.8. The highest BCUT2D eigenvalue weighted by Crippen LogP contribution is 2.19. The second-order valence-electron chi connectivity index (χ2n) is 5.15. The van der Waals surface area contributed by atoms with E-state index in [-0.39, 0.29) is 29.5 Å². The number of aromatic amines is 1. The van der Waals surface area contributed by atoms with Gasteiger partial charge in [-0.1, -0.05) is 18.2 Å². The van der Waals surface area contributed by atoms with Crippen LogP contribution < -0.4 is 5.56 Å². The van der Waals surface area contributed by atoms with Crippen molar-refractivity contribution < 1.29 is 18.4 Å². The van der Waals surface area contributed by atoms with E-state index < -0.39 is 5.97 Å². The Morgan fingerprint density at radius 1 is 1.16 bits per heavy atom. The summed E-state index contributed by atoms with van der Waals surface area (Å²) < 4.78 is 15.7. The molecule has 1 N–H and O–H groups in total. The lowest BCUT2D eigenvalue weighted by Crippen LogP contribution is -2.13. The standard InChI is InChI=1S/C17H11N3O5/c21-14-8-11(10-4-1-2-5-12(10)18-14)17(22)24-9-15-19-20-16(25-15)13-6-3-7-23-13/h1-8H,9H2,(H,18,21). The van der Waals surface area contributed by atoms with Crippen molar-refractivity contribution in [3.05, 3.63) is 70.5 Å². The molecular weight excluding hydrogens is 326 g/mol. The fourth-order valence-corrected chi connectivity index (χ4v) is 2.39. The van der Waals surface area contributed by atoms with Gasteiger partial charge in [-0.05, 0) is 18.2 Å². The number of nitrogens with one attached hydrogen (secondary N) is 1. The third kappa shape index (κ3) is 2.92. The summed E-state index contributed by atoms with van der Waals surface area (Å²) in [6.07, 6.45) is 1.48. The highest BCUT2D eigenvalue weighted by Gasteiger charge is 2.16. The van der Waals surface area contributed by atoms with Crippen molar-refractivity contribution in [2.24, 2.45) is 0 Å². The first-order valence-corrected chi connectivity index (χ1v) is 7.36. The average molecular weight is 337 g/mol. The minimum atomic E-state index is -0.653. The Morgan fingerprint density at radius 2 is 2.04 bits per heavy atom. The molecule has 0 atom stereocenters. The maximum absolute atomic E-state index is 12.3. The highest BCUT2D eigenvalue weighted by molar-refractivity contribution is 6.03. The number of carbonyl (C=O) groups is 1. The molecule has 0 amide bonds. The first-order valence-electron chi connectivity index (χ1n) is 7.36. The first kappa shape index (κ1) is 14.9. The third-order valence-corrected chi connectivity index (χ3v) is 3.50. The molecule has 0 aliphatic rings. The zero-order chi connectivity index (χ0) is 17.2. The lowest BCUT2D eigenvalue weighted by atomic mass is 10.1. The predicted octanol–water partition coefficient (Wildman–Crippen LogP) is 2.53. The van der Waals surface area contributed by atoms with Crippen LogP contribution in [0.1, 0.15) is 16.2 Å². The van der Waals surface area contributed by atoms with Crippen LogP contribution in [0.5, 0.6) is 0 Å². The molecule has 0 aliphatic heterocycles. The van der Waals surface area contributed by atoms with Crippen molar-refractivity contribution in [3.63, 3.8) is 0 Å². The van der Waals surface area contributed by atoms with Gasteiger partial charge in [0.15, 0.2) is 12.4 Å². The van der Waals surface area contributed by atoms with Gasteiger partial charge in [0, 0.05) is 17.0 Å². The number of benzene rings is 1. The van der Waals surface area contributed by atoms with E-state index in [0.29, 0.717) is 16.7 Å². The van der Waals surface area contributed by atoms with Gasteiger partial charge < -0.3 is 18.6 Å². The number of para-hydroxylation sites is 1. The Morgan fingerprint density at radius 3 is 2.88 bits per heavy atom. The zero-order valence-corrected chi connectivity index (χ0v) is 12.8. The summed E-state index contributed by atoms with van der Waals surface area (Å²) in [4.78, 5) is 26.7. The van der Waals surface area contributed by atoms with Gasteiger partial charge in [-0.2, -0.15) is 0 Å². The smallest absolute Gasteiger partial charge is 0.339 e. The summed E-state index contributed by atoms with van der Waals surface area (Å²) in [6, 6.07) is 11.5. The van der Waals surface area contributed by atoms with E-state index >= 15 is 0 Å². The number of hydrogen-bond acceptors (Lipinski definition) is 7. The lowest BCUT2D eigenvalue weighted by Gasteiger charge is -2.05. The molecule has 4 aromatic rings. The number of ether oxygens (including phenoxy) is 1. The second kappa shape index (κ2) is 6.08. The minimum Gasteiger partial charge on any atom is -0.459 e. The van der Waals surface area contributed by atoms with Crippen LogP contribution >= 0.6 is 0 Å². The molecule has 25 heavy (non-hydrogen) atoms. The molecule has 0 saturated carbocycles. The third-order valence-electron chi connectivity index (χ3n) is 3.50. The summed E-state index contributed by atoms with van der Waals surface area (Å²) >= 11 is 0. The summed E-state index contributed by atoms with van der Waals surface area (Å²) in [7, 11) is 0. The van der Waals surface area contributed by atoms with Crippen LogP contribution in [-0.2, 0) is 11.3 Å². The van der Waals surface area contributed by atoms with Crippen LogP contribution in [0.25, 0.3) is 22.6 Å². The van der Waals surface area contributed by atoms with Crippen LogP contribution in [0.2, 0.25) is 0 Å². The number of nitrogens with zero attached hydrogens (tertiary/aromatic N) is 2. The van der Waals surface area contributed by atoms with Gasteiger partial charge in [0.05, 0.1) is 11.8 Å². The summed E-state index contributed by atoms with van der Waals surface area (Å²) in [5, 5.41) is 8.20. The number of esters is 1. The van der Waals surface area contributed by atoms with Gasteiger partial charge in [0.2, 0.25) is 5.56 Å². The van der Waals surface area contributed by atoms with Gasteiger partial charge in [0.1, 0.15) is 0 Å². The highest BCUT2D eigenvalue weighted by atomic mass is 16.5. The molecule has 3 aromatic heterocycles. The number of fused-ring (bicyclic) bond motifs is 1. The van der Waals surface area contributed by atoms with Crippen LogP contribution in [0.3, 0.4) is 0 Å². The number of pyridine rings is 1. The maximum atomic E-state index is 12.3. The monoisotopic (exact) mass is 337 g/mol. The molecule has 1 aromatic carbocycles. The molecule has 0 unspecified atom stereocenters. The van der Waals surface area contributed by atoms with E-state index in [4.69, 9.17) is 13.6 Å².